The molecular formula is C14H25N3O3. The third kappa shape index (κ3) is 2.81. The van der Waals surface area contributed by atoms with Gasteiger partial charge in [0.2, 0.25) is 11.8 Å². The van der Waals surface area contributed by atoms with Gasteiger partial charge in [-0.25, -0.2) is 0 Å². The number of aliphatic hydroxyl groups excluding tert-OH is 1. The van der Waals surface area contributed by atoms with Crippen molar-refractivity contribution in [3.63, 3.8) is 0 Å². The number of carbonyl (C=O) groups is 2. The average molecular weight is 283 g/mol. The van der Waals surface area contributed by atoms with Gasteiger partial charge in [0.15, 0.2) is 0 Å². The largest absolute Gasteiger partial charge is 0.395 e. The third-order valence-corrected chi connectivity index (χ3v) is 4.45. The highest BCUT2D eigenvalue weighted by Gasteiger charge is 2.48. The molecule has 2 fully saturated rings. The van der Waals surface area contributed by atoms with Crippen molar-refractivity contribution < 1.29 is 14.7 Å². The van der Waals surface area contributed by atoms with Crippen molar-refractivity contribution in [3.05, 3.63) is 0 Å². The molecule has 0 radical (unpaired) electrons. The van der Waals surface area contributed by atoms with Crippen molar-refractivity contribution in [1.82, 2.24) is 15.1 Å². The molecule has 6 heteroatoms. The van der Waals surface area contributed by atoms with E-state index in [1.807, 2.05) is 4.90 Å². The van der Waals surface area contributed by atoms with Crippen molar-refractivity contribution in [2.24, 2.45) is 0 Å². The maximum absolute atomic E-state index is 12.8. The number of likely N-dealkylation sites (N-methyl/N-ethyl adjacent to an activating group) is 1. The minimum atomic E-state index is -0.702. The van der Waals surface area contributed by atoms with Crippen molar-refractivity contribution in [3.8, 4) is 0 Å². The molecule has 2 rings (SSSR count). The fourth-order valence-corrected chi connectivity index (χ4v) is 3.30. The first-order valence-electron chi connectivity index (χ1n) is 7.49. The molecule has 0 spiro atoms. The summed E-state index contributed by atoms with van der Waals surface area (Å²) in [5.41, 5.74) is -0.702. The Labute approximate surface area is 120 Å². The summed E-state index contributed by atoms with van der Waals surface area (Å²) in [7, 11) is 1.71. The van der Waals surface area contributed by atoms with E-state index in [0.29, 0.717) is 32.4 Å². The molecule has 2 N–H and O–H groups in total. The van der Waals surface area contributed by atoms with Gasteiger partial charge in [-0.05, 0) is 38.8 Å². The highest BCUT2D eigenvalue weighted by atomic mass is 16.3. The molecule has 0 saturated carbocycles. The van der Waals surface area contributed by atoms with Crippen LogP contribution in [0.15, 0.2) is 0 Å². The number of hydrogen-bond donors (Lipinski definition) is 2. The lowest BCUT2D eigenvalue weighted by atomic mass is 9.83. The molecule has 2 heterocycles. The average Bonchev–Trinajstić information content (AvgIpc) is 2.48. The SMILES string of the molecule is CN(CCO)C(=O)C1(N2CCCCC2=O)CCNCC1. The fraction of sp³-hybridized carbons (Fsp3) is 0.857. The van der Waals surface area contributed by atoms with E-state index < -0.39 is 5.54 Å². The quantitative estimate of drug-likeness (QED) is 0.734. The molecule has 0 unspecified atom stereocenters. The summed E-state index contributed by atoms with van der Waals surface area (Å²) in [6.07, 6.45) is 3.76. The Morgan fingerprint density at radius 1 is 1.40 bits per heavy atom. The van der Waals surface area contributed by atoms with E-state index >= 15 is 0 Å². The third-order valence-electron chi connectivity index (χ3n) is 4.45. The molecule has 0 atom stereocenters. The highest BCUT2D eigenvalue weighted by molar-refractivity contribution is 5.92. The zero-order chi connectivity index (χ0) is 14.6. The van der Waals surface area contributed by atoms with Crippen LogP contribution < -0.4 is 5.32 Å². The van der Waals surface area contributed by atoms with Gasteiger partial charge in [0.1, 0.15) is 5.54 Å². The summed E-state index contributed by atoms with van der Waals surface area (Å²) in [6.45, 7) is 2.45. The second-order valence-corrected chi connectivity index (χ2v) is 5.73. The number of piperidine rings is 2. The molecule has 0 aliphatic carbocycles. The normalized spacial score (nSPS) is 22.7. The Morgan fingerprint density at radius 2 is 2.10 bits per heavy atom. The van der Waals surface area contributed by atoms with E-state index in [4.69, 9.17) is 5.11 Å². The minimum absolute atomic E-state index is 0.0247. The van der Waals surface area contributed by atoms with Gasteiger partial charge in [0, 0.05) is 26.6 Å². The molecule has 2 amide bonds. The molecule has 0 aromatic heterocycles. The second kappa shape index (κ2) is 6.54. The van der Waals surface area contributed by atoms with Crippen LogP contribution in [-0.4, -0.2) is 72.1 Å². The summed E-state index contributed by atoms with van der Waals surface area (Å²) in [5, 5.41) is 12.3. The molecule has 2 saturated heterocycles. The monoisotopic (exact) mass is 283 g/mol. The number of likely N-dealkylation sites (tertiary alicyclic amines) is 1. The van der Waals surface area contributed by atoms with Crippen LogP contribution in [0.4, 0.5) is 0 Å². The van der Waals surface area contributed by atoms with Crippen LogP contribution in [0.3, 0.4) is 0 Å². The fourth-order valence-electron chi connectivity index (χ4n) is 3.30. The Hall–Kier alpha value is -1.14. The maximum Gasteiger partial charge on any atom is 0.248 e. The van der Waals surface area contributed by atoms with Crippen LogP contribution >= 0.6 is 0 Å². The summed E-state index contributed by atoms with van der Waals surface area (Å²) in [4.78, 5) is 28.5. The van der Waals surface area contributed by atoms with Crippen LogP contribution in [0.1, 0.15) is 32.1 Å². The van der Waals surface area contributed by atoms with Gasteiger partial charge in [0.05, 0.1) is 6.61 Å². The van der Waals surface area contributed by atoms with E-state index in [9.17, 15) is 9.59 Å². The molecule has 2 aliphatic rings. The Balaban J connectivity index is 2.24. The van der Waals surface area contributed by atoms with E-state index in [2.05, 4.69) is 5.32 Å². The van der Waals surface area contributed by atoms with Gasteiger partial charge < -0.3 is 20.2 Å². The van der Waals surface area contributed by atoms with Crippen LogP contribution in [0.25, 0.3) is 0 Å². The topological polar surface area (TPSA) is 72.9 Å². The first-order valence-corrected chi connectivity index (χ1v) is 7.49. The number of hydrogen-bond acceptors (Lipinski definition) is 4. The molecule has 0 aromatic carbocycles. The van der Waals surface area contributed by atoms with Gasteiger partial charge in [-0.15, -0.1) is 0 Å². The van der Waals surface area contributed by atoms with E-state index in [1.165, 1.54) is 0 Å². The summed E-state index contributed by atoms with van der Waals surface area (Å²) < 4.78 is 0. The first-order chi connectivity index (χ1) is 9.62. The number of carbonyl (C=O) groups excluding carboxylic acids is 2. The molecule has 2 aliphatic heterocycles. The van der Waals surface area contributed by atoms with Crippen LogP contribution in [0.2, 0.25) is 0 Å². The molecule has 0 aromatic rings. The molecule has 6 nitrogen and oxygen atoms in total. The van der Waals surface area contributed by atoms with E-state index in [-0.39, 0.29) is 18.4 Å². The Morgan fingerprint density at radius 3 is 2.70 bits per heavy atom. The Kier molecular flexibility index (Phi) is 4.99. The van der Waals surface area contributed by atoms with Gasteiger partial charge in [-0.2, -0.15) is 0 Å². The van der Waals surface area contributed by atoms with E-state index in [0.717, 1.165) is 25.9 Å². The summed E-state index contributed by atoms with van der Waals surface area (Å²) in [5.74, 6) is 0.0761. The lowest BCUT2D eigenvalue weighted by Gasteiger charge is -2.48. The number of amides is 2. The predicted molar refractivity (Wildman–Crippen MR) is 75.1 cm³/mol. The summed E-state index contributed by atoms with van der Waals surface area (Å²) >= 11 is 0. The number of nitrogens with one attached hydrogen (secondary N) is 1. The van der Waals surface area contributed by atoms with Gasteiger partial charge in [-0.3, -0.25) is 9.59 Å². The molecule has 20 heavy (non-hydrogen) atoms. The number of aliphatic hydroxyl groups is 1. The predicted octanol–water partition coefficient (Wildman–Crippen LogP) is -0.428. The molecule has 0 bridgehead atoms. The number of nitrogens with zero attached hydrogens (tertiary/aromatic N) is 2. The second-order valence-electron chi connectivity index (χ2n) is 5.73. The van der Waals surface area contributed by atoms with Crippen molar-refractivity contribution in [2.45, 2.75) is 37.6 Å². The van der Waals surface area contributed by atoms with E-state index in [1.54, 1.807) is 11.9 Å². The van der Waals surface area contributed by atoms with Gasteiger partial charge in [0.25, 0.3) is 0 Å². The van der Waals surface area contributed by atoms with Crippen LogP contribution in [-0.2, 0) is 9.59 Å². The zero-order valence-electron chi connectivity index (χ0n) is 12.2. The zero-order valence-corrected chi connectivity index (χ0v) is 12.2. The standard InChI is InChI=1S/C14H25N3O3/c1-16(10-11-18)13(20)14(5-7-15-8-6-14)17-9-3-2-4-12(17)19/h15,18H,2-11H2,1H3. The van der Waals surface area contributed by atoms with Crippen LogP contribution in [0, 0.1) is 0 Å². The first kappa shape index (κ1) is 15.3. The summed E-state index contributed by atoms with van der Waals surface area (Å²) in [6, 6.07) is 0. The Bertz CT molecular complexity index is 367. The smallest absolute Gasteiger partial charge is 0.248 e. The minimum Gasteiger partial charge on any atom is -0.395 e. The maximum atomic E-state index is 12.8. The highest BCUT2D eigenvalue weighted by Crippen LogP contribution is 2.31. The molecule has 114 valence electrons. The van der Waals surface area contributed by atoms with Gasteiger partial charge in [-0.1, -0.05) is 0 Å². The lowest BCUT2D eigenvalue weighted by Crippen LogP contribution is -2.65. The van der Waals surface area contributed by atoms with Crippen LogP contribution in [0.5, 0.6) is 0 Å². The van der Waals surface area contributed by atoms with Crippen molar-refractivity contribution in [2.75, 3.05) is 39.8 Å². The van der Waals surface area contributed by atoms with Crippen molar-refractivity contribution in [1.29, 1.82) is 0 Å². The van der Waals surface area contributed by atoms with Gasteiger partial charge >= 0.3 is 0 Å². The number of rotatable bonds is 4. The lowest BCUT2D eigenvalue weighted by molar-refractivity contribution is -0.157. The van der Waals surface area contributed by atoms with Crippen molar-refractivity contribution >= 4 is 11.8 Å². The molecular weight excluding hydrogens is 258 g/mol.